The molecule has 1 heterocycles. The van der Waals surface area contributed by atoms with Crippen LogP contribution in [0.3, 0.4) is 0 Å². The molecular formula is C15H17ClN4O4. The minimum atomic E-state index is -1.18. The highest BCUT2D eigenvalue weighted by molar-refractivity contribution is 6.33. The third kappa shape index (κ3) is 3.23. The first-order valence-electron chi connectivity index (χ1n) is 6.97. The number of anilines is 4. The lowest BCUT2D eigenvalue weighted by Crippen LogP contribution is -2.15. The summed E-state index contributed by atoms with van der Waals surface area (Å²) in [6, 6.07) is 4.22. The molecule has 0 aliphatic carbocycles. The molecule has 1 amide bonds. The summed E-state index contributed by atoms with van der Waals surface area (Å²) in [7, 11) is 4.95. The van der Waals surface area contributed by atoms with Crippen LogP contribution in [0.5, 0.6) is 0 Å². The first kappa shape index (κ1) is 17.5. The van der Waals surface area contributed by atoms with Gasteiger partial charge in [-0.15, -0.1) is 0 Å². The summed E-state index contributed by atoms with van der Waals surface area (Å²) < 4.78 is 5.51. The van der Waals surface area contributed by atoms with E-state index in [2.05, 4.69) is 21.3 Å². The third-order valence-corrected chi connectivity index (χ3v) is 3.62. The molecule has 2 rings (SSSR count). The number of hydrogen-bond donors (Lipinski definition) is 5. The number of carbonyl (C=O) groups is 2. The Morgan fingerprint density at radius 2 is 1.75 bits per heavy atom. The molecule has 0 bridgehead atoms. The Morgan fingerprint density at radius 1 is 1.08 bits per heavy atom. The maximum absolute atomic E-state index is 12.6. The second kappa shape index (κ2) is 7.14. The predicted molar refractivity (Wildman–Crippen MR) is 93.7 cm³/mol. The van der Waals surface area contributed by atoms with E-state index in [1.54, 1.807) is 21.1 Å². The van der Waals surface area contributed by atoms with Crippen LogP contribution in [0, 0.1) is 0 Å². The molecule has 0 aliphatic heterocycles. The summed E-state index contributed by atoms with van der Waals surface area (Å²) in [6.45, 7) is 0. The highest BCUT2D eigenvalue weighted by Crippen LogP contribution is 2.36. The van der Waals surface area contributed by atoms with E-state index in [1.807, 2.05) is 0 Å². The molecule has 5 N–H and O–H groups in total. The molecule has 0 unspecified atom stereocenters. The molecule has 1 aromatic carbocycles. The first-order chi connectivity index (χ1) is 11.4. The summed E-state index contributed by atoms with van der Waals surface area (Å²) in [5.74, 6) is -0.973. The fraction of sp³-hybridized carbons (Fsp3) is 0.200. The van der Waals surface area contributed by atoms with Crippen LogP contribution < -0.4 is 21.3 Å². The van der Waals surface area contributed by atoms with Crippen LogP contribution in [0.1, 0.15) is 20.7 Å². The highest BCUT2D eigenvalue weighted by Gasteiger charge is 2.24. The van der Waals surface area contributed by atoms with Crippen molar-refractivity contribution in [1.82, 2.24) is 0 Å². The molecule has 128 valence electrons. The van der Waals surface area contributed by atoms with E-state index in [1.165, 1.54) is 18.2 Å². The molecule has 1 aromatic heterocycles. The number of benzene rings is 1. The van der Waals surface area contributed by atoms with Crippen molar-refractivity contribution in [3.63, 3.8) is 0 Å². The average Bonchev–Trinajstić information content (AvgIpc) is 2.94. The molecular weight excluding hydrogens is 336 g/mol. The Hall–Kier alpha value is -2.87. The highest BCUT2D eigenvalue weighted by atomic mass is 35.5. The largest absolute Gasteiger partial charge is 0.478 e. The number of rotatable bonds is 6. The van der Waals surface area contributed by atoms with Gasteiger partial charge in [0, 0.05) is 26.8 Å². The van der Waals surface area contributed by atoms with Crippen molar-refractivity contribution >= 4 is 46.6 Å². The number of carboxylic acid groups (broad SMARTS) is 1. The molecule has 0 spiro atoms. The van der Waals surface area contributed by atoms with E-state index < -0.39 is 11.9 Å². The minimum absolute atomic E-state index is 0.0908. The second-order valence-corrected chi connectivity index (χ2v) is 5.12. The van der Waals surface area contributed by atoms with Crippen LogP contribution in [0.15, 0.2) is 22.6 Å². The van der Waals surface area contributed by atoms with E-state index in [-0.39, 0.29) is 22.0 Å². The minimum Gasteiger partial charge on any atom is -0.478 e. The maximum Gasteiger partial charge on any atom is 0.337 e. The Balaban J connectivity index is 2.39. The average molecular weight is 353 g/mol. The zero-order valence-corrected chi connectivity index (χ0v) is 14.0. The van der Waals surface area contributed by atoms with Gasteiger partial charge in [0.2, 0.25) is 11.8 Å². The van der Waals surface area contributed by atoms with Gasteiger partial charge in [-0.25, -0.2) is 4.79 Å². The molecule has 0 aliphatic rings. The van der Waals surface area contributed by atoms with Crippen molar-refractivity contribution in [3.05, 3.63) is 34.3 Å². The van der Waals surface area contributed by atoms with Crippen LogP contribution in [0.25, 0.3) is 0 Å². The summed E-state index contributed by atoms with van der Waals surface area (Å²) in [5, 5.41) is 20.4. The molecule has 0 fully saturated rings. The van der Waals surface area contributed by atoms with Crippen molar-refractivity contribution in [3.8, 4) is 0 Å². The summed E-state index contributed by atoms with van der Waals surface area (Å²) in [4.78, 5) is 23.7. The number of amides is 1. The lowest BCUT2D eigenvalue weighted by atomic mass is 10.2. The smallest absolute Gasteiger partial charge is 0.337 e. The fourth-order valence-electron chi connectivity index (χ4n) is 2.20. The fourth-order valence-corrected chi connectivity index (χ4v) is 2.40. The van der Waals surface area contributed by atoms with E-state index in [0.29, 0.717) is 17.3 Å². The molecule has 0 saturated heterocycles. The van der Waals surface area contributed by atoms with Crippen LogP contribution in [-0.2, 0) is 0 Å². The van der Waals surface area contributed by atoms with Gasteiger partial charge < -0.3 is 30.8 Å². The number of furan rings is 1. The van der Waals surface area contributed by atoms with Crippen molar-refractivity contribution in [2.45, 2.75) is 0 Å². The summed E-state index contributed by atoms with van der Waals surface area (Å²) in [6.07, 6.45) is 0. The Bertz CT molecular complexity index is 788. The van der Waals surface area contributed by atoms with Crippen molar-refractivity contribution in [2.75, 3.05) is 42.4 Å². The number of hydrogen-bond acceptors (Lipinski definition) is 6. The van der Waals surface area contributed by atoms with Crippen LogP contribution >= 0.6 is 11.6 Å². The Morgan fingerprint density at radius 3 is 2.29 bits per heavy atom. The van der Waals surface area contributed by atoms with Gasteiger partial charge in [-0.1, -0.05) is 11.6 Å². The van der Waals surface area contributed by atoms with Gasteiger partial charge in [0.15, 0.2) is 0 Å². The van der Waals surface area contributed by atoms with Gasteiger partial charge in [-0.2, -0.15) is 0 Å². The lowest BCUT2D eigenvalue weighted by Gasteiger charge is -2.09. The second-order valence-electron chi connectivity index (χ2n) is 4.71. The number of carbonyl (C=O) groups excluding carboxylic acids is 1. The van der Waals surface area contributed by atoms with Gasteiger partial charge >= 0.3 is 5.97 Å². The monoisotopic (exact) mass is 352 g/mol. The molecule has 8 nitrogen and oxygen atoms in total. The topological polar surface area (TPSA) is 116 Å². The zero-order chi connectivity index (χ0) is 17.9. The predicted octanol–water partition coefficient (Wildman–Crippen LogP) is 3.01. The number of aromatic carboxylic acids is 1. The van der Waals surface area contributed by atoms with Crippen molar-refractivity contribution in [1.29, 1.82) is 0 Å². The quantitative estimate of drug-likeness (QED) is 0.542. The lowest BCUT2D eigenvalue weighted by molar-refractivity contribution is 0.0696. The van der Waals surface area contributed by atoms with Gasteiger partial charge in [0.1, 0.15) is 11.3 Å². The van der Waals surface area contributed by atoms with Crippen molar-refractivity contribution < 1.29 is 19.1 Å². The van der Waals surface area contributed by atoms with E-state index in [9.17, 15) is 9.59 Å². The maximum atomic E-state index is 12.6. The number of carboxylic acids is 1. The van der Waals surface area contributed by atoms with E-state index in [0.717, 1.165) is 0 Å². The number of nitrogens with one attached hydrogen (secondary N) is 4. The molecule has 2 aromatic rings. The van der Waals surface area contributed by atoms with Gasteiger partial charge in [-0.3, -0.25) is 4.79 Å². The molecule has 9 heteroatoms. The number of halogens is 1. The first-order valence-corrected chi connectivity index (χ1v) is 7.35. The Labute approximate surface area is 143 Å². The van der Waals surface area contributed by atoms with Crippen molar-refractivity contribution in [2.24, 2.45) is 0 Å². The Kier molecular flexibility index (Phi) is 5.20. The van der Waals surface area contributed by atoms with Gasteiger partial charge in [-0.05, 0) is 18.2 Å². The molecule has 0 radical (unpaired) electrons. The summed E-state index contributed by atoms with van der Waals surface area (Å²) in [5.41, 5.74) is 0.946. The zero-order valence-electron chi connectivity index (χ0n) is 13.3. The molecule has 0 saturated carbocycles. The van der Waals surface area contributed by atoms with E-state index in [4.69, 9.17) is 21.1 Å². The SMILES string of the molecule is CNc1oc(NC)c(C(=O)Nc2ccc(Cl)c(C(=O)O)c2)c1NC. The summed E-state index contributed by atoms with van der Waals surface area (Å²) >= 11 is 5.83. The van der Waals surface area contributed by atoms with E-state index >= 15 is 0 Å². The van der Waals surface area contributed by atoms with Crippen LogP contribution in [-0.4, -0.2) is 38.1 Å². The van der Waals surface area contributed by atoms with Crippen LogP contribution in [0.4, 0.5) is 23.1 Å². The normalized spacial score (nSPS) is 10.2. The van der Waals surface area contributed by atoms with Gasteiger partial charge in [0.05, 0.1) is 10.6 Å². The third-order valence-electron chi connectivity index (χ3n) is 3.29. The molecule has 24 heavy (non-hydrogen) atoms. The van der Waals surface area contributed by atoms with Gasteiger partial charge in [0.25, 0.3) is 5.91 Å². The molecule has 0 atom stereocenters. The standard InChI is InChI=1S/C15H17ClN4O4/c1-17-11-10(13(18-2)24-14(11)19-3)12(21)20-7-4-5-9(16)8(6-7)15(22)23/h4-6,17-19H,1-3H3,(H,20,21)(H,22,23). The van der Waals surface area contributed by atoms with Crippen LogP contribution in [0.2, 0.25) is 5.02 Å².